The van der Waals surface area contributed by atoms with Gasteiger partial charge in [0, 0.05) is 55.3 Å². The number of urea groups is 1. The van der Waals surface area contributed by atoms with E-state index in [2.05, 4.69) is 60.1 Å². The monoisotopic (exact) mass is 1060 g/mol. The molecule has 1 fully saturated rings. The van der Waals surface area contributed by atoms with E-state index in [9.17, 15) is 68.1 Å². The molecule has 74 heavy (non-hydrogen) atoms. The molecule has 9 atom stereocenters. The molecule has 0 spiro atoms. The van der Waals surface area contributed by atoms with Crippen LogP contribution in [0.4, 0.5) is 4.79 Å². The molecule has 0 saturated carbocycles. The third kappa shape index (κ3) is 19.4. The SMILES string of the molecule is C[C@@H](O)[C@H](N)C(=O)N[C@@H](CC(=O)O)C(=O)N1CCC[C@H]1C(=O)N[C@@H](CCCNC(=N)N)C(=O)N[C@@H](CS)C(=O)N[C@@H](CCCNC(N)=O)C(=O)N[C@@H](Cc1c[nH]c2ccccc12)C(=O)N[C@@H](CCC(N)=O)C(=O)O. The molecule has 2 heterocycles. The molecule has 0 bridgehead atoms. The number of primary amides is 2. The van der Waals surface area contributed by atoms with Gasteiger partial charge in [0.2, 0.25) is 47.3 Å². The molecule has 29 nitrogen and oxygen atoms in total. The van der Waals surface area contributed by atoms with E-state index < -0.39 is 138 Å². The van der Waals surface area contributed by atoms with Gasteiger partial charge in [-0.15, -0.1) is 0 Å². The van der Waals surface area contributed by atoms with Crippen molar-refractivity contribution in [3.63, 3.8) is 0 Å². The summed E-state index contributed by atoms with van der Waals surface area (Å²) < 4.78 is 0. The molecule has 1 aliphatic rings. The zero-order valence-corrected chi connectivity index (χ0v) is 41.4. The summed E-state index contributed by atoms with van der Waals surface area (Å²) in [4.78, 5) is 147. The first kappa shape index (κ1) is 60.6. The molecular weight excluding hydrogens is 995 g/mol. The second-order valence-corrected chi connectivity index (χ2v) is 17.8. The largest absolute Gasteiger partial charge is 0.481 e. The molecule has 2 aromatic rings. The predicted molar refractivity (Wildman–Crippen MR) is 266 cm³/mol. The summed E-state index contributed by atoms with van der Waals surface area (Å²) in [6.07, 6.45) is -1.54. The Morgan fingerprint density at radius 1 is 0.757 bits per heavy atom. The van der Waals surface area contributed by atoms with Crippen molar-refractivity contribution in [2.75, 3.05) is 25.4 Å². The summed E-state index contributed by atoms with van der Waals surface area (Å²) in [5, 5.41) is 56.9. The van der Waals surface area contributed by atoms with Crippen LogP contribution in [0.5, 0.6) is 0 Å². The molecule has 1 aliphatic heterocycles. The maximum Gasteiger partial charge on any atom is 0.326 e. The van der Waals surface area contributed by atoms with Crippen LogP contribution in [-0.2, 0) is 54.4 Å². The molecule has 30 heteroatoms. The molecular formula is C44H67N15O14S. The van der Waals surface area contributed by atoms with Gasteiger partial charge in [0.1, 0.15) is 48.3 Å². The number of hydrogen-bond acceptors (Lipinski definition) is 15. The van der Waals surface area contributed by atoms with E-state index in [-0.39, 0.29) is 77.4 Å². The van der Waals surface area contributed by atoms with Crippen molar-refractivity contribution in [2.45, 2.75) is 126 Å². The number of nitrogens with one attached hydrogen (secondary N) is 10. The lowest BCUT2D eigenvalue weighted by Crippen LogP contribution is -2.60. The summed E-state index contributed by atoms with van der Waals surface area (Å²) in [5.74, 6) is -11.3. The van der Waals surface area contributed by atoms with E-state index in [4.69, 9.17) is 28.3 Å². The number of aliphatic hydroxyl groups excluding tert-OH is 1. The quantitative estimate of drug-likeness (QED) is 0.0145. The minimum atomic E-state index is -1.69. The number of carboxylic acids is 2. The number of aromatic nitrogens is 1. The number of nitrogens with two attached hydrogens (primary N) is 4. The van der Waals surface area contributed by atoms with Gasteiger partial charge in [-0.1, -0.05) is 18.2 Å². The first-order valence-corrected chi connectivity index (χ1v) is 24.1. The van der Waals surface area contributed by atoms with Gasteiger partial charge in [-0.05, 0) is 63.5 Å². The molecule has 0 unspecified atom stereocenters. The van der Waals surface area contributed by atoms with Crippen molar-refractivity contribution >= 4 is 94.7 Å². The van der Waals surface area contributed by atoms with Crippen LogP contribution < -0.4 is 65.5 Å². The van der Waals surface area contributed by atoms with Gasteiger partial charge in [-0.25, -0.2) is 9.59 Å². The zero-order chi connectivity index (χ0) is 55.2. The average molecular weight is 1060 g/mol. The Morgan fingerprint density at radius 3 is 1.89 bits per heavy atom. The Morgan fingerprint density at radius 2 is 1.31 bits per heavy atom. The highest BCUT2D eigenvalue weighted by molar-refractivity contribution is 7.80. The number of guanidine groups is 1. The molecule has 0 aliphatic carbocycles. The topological polar surface area (TPSA) is 492 Å². The van der Waals surface area contributed by atoms with E-state index in [0.717, 1.165) is 4.90 Å². The number of fused-ring (bicyclic) bond motifs is 1. The fourth-order valence-electron chi connectivity index (χ4n) is 7.77. The second-order valence-electron chi connectivity index (χ2n) is 17.4. The third-order valence-electron chi connectivity index (χ3n) is 11.7. The van der Waals surface area contributed by atoms with Crippen LogP contribution in [0.1, 0.15) is 70.3 Å². The Kier molecular flexibility index (Phi) is 24.3. The summed E-state index contributed by atoms with van der Waals surface area (Å²) >= 11 is 4.25. The van der Waals surface area contributed by atoms with E-state index in [1.807, 2.05) is 0 Å². The number of rotatable bonds is 31. The second kappa shape index (κ2) is 29.7. The number of likely N-dealkylation sites (tertiary alicyclic amines) is 1. The Hall–Kier alpha value is -7.73. The van der Waals surface area contributed by atoms with Crippen LogP contribution in [0, 0.1) is 5.41 Å². The number of aliphatic hydroxyl groups is 1. The summed E-state index contributed by atoms with van der Waals surface area (Å²) in [7, 11) is 0. The summed E-state index contributed by atoms with van der Waals surface area (Å²) in [6, 6.07) is -5.92. The van der Waals surface area contributed by atoms with Crippen molar-refractivity contribution in [3.8, 4) is 0 Å². The van der Waals surface area contributed by atoms with Gasteiger partial charge in [0.25, 0.3) is 0 Å². The van der Waals surface area contributed by atoms with Crippen LogP contribution >= 0.6 is 12.6 Å². The standard InChI is InChI=1S/C44H67N15O14S/c1-21(60)34(46)40(69)57-29(18-33(62)63)41(70)59-16-6-11-31(59)39(68)54-26(9-4-14-50-43(47)48)36(65)58-30(20-74)38(67)53-25(10-5-15-51-44(49)73)35(64)56-28(17-22-19-52-24-8-3-2-7-23(22)24)37(66)55-27(42(71)72)12-13-32(45)61/h2-3,7-8,19,21,25-31,34,52,60,74H,4-6,9-18,20,46H2,1H3,(H2,45,61)(H,53,67)(H,54,68)(H,55,66)(H,56,64)(H,57,69)(H,58,65)(H,62,63)(H,71,72)(H4,47,48,50)(H3,49,51,73)/t21-,25+,26+,27+,28+,29+,30+,31+,34+/m1/s1. The van der Waals surface area contributed by atoms with Gasteiger partial charge in [0.05, 0.1) is 12.5 Å². The molecule has 3 rings (SSSR count). The van der Waals surface area contributed by atoms with E-state index in [1.54, 1.807) is 30.5 Å². The lowest BCUT2D eigenvalue weighted by molar-refractivity contribution is -0.146. The number of aromatic amines is 1. The van der Waals surface area contributed by atoms with Gasteiger partial charge >= 0.3 is 18.0 Å². The van der Waals surface area contributed by atoms with Crippen LogP contribution in [0.25, 0.3) is 10.9 Å². The van der Waals surface area contributed by atoms with Gasteiger partial charge in [-0.2, -0.15) is 12.6 Å². The number of carboxylic acid groups (broad SMARTS) is 2. The third-order valence-corrected chi connectivity index (χ3v) is 12.1. The van der Waals surface area contributed by atoms with Crippen LogP contribution in [0.3, 0.4) is 0 Å². The highest BCUT2D eigenvalue weighted by Gasteiger charge is 2.41. The summed E-state index contributed by atoms with van der Waals surface area (Å²) in [5.41, 5.74) is 22.7. The molecule has 0 radical (unpaired) electrons. The number of aliphatic carboxylic acids is 2. The maximum atomic E-state index is 14.2. The Balaban J connectivity index is 1.90. The number of hydrogen-bond donors (Lipinski definition) is 18. The first-order chi connectivity index (χ1) is 34.9. The van der Waals surface area contributed by atoms with Gasteiger partial charge in [-0.3, -0.25) is 48.6 Å². The molecule has 408 valence electrons. The minimum Gasteiger partial charge on any atom is -0.481 e. The number of benzene rings is 1. The molecule has 1 aromatic carbocycles. The van der Waals surface area contributed by atoms with E-state index in [0.29, 0.717) is 16.5 Å². The zero-order valence-electron chi connectivity index (χ0n) is 40.5. The normalized spacial score (nSPS) is 16.3. The van der Waals surface area contributed by atoms with Gasteiger partial charge < -0.3 is 90.7 Å². The lowest BCUT2D eigenvalue weighted by Gasteiger charge is -2.30. The van der Waals surface area contributed by atoms with E-state index >= 15 is 0 Å². The first-order valence-electron chi connectivity index (χ1n) is 23.5. The summed E-state index contributed by atoms with van der Waals surface area (Å²) in [6.45, 7) is 1.15. The fraction of sp³-hybridized carbons (Fsp3) is 0.545. The molecule has 21 N–H and O–H groups in total. The number of para-hydroxylation sites is 1. The van der Waals surface area contributed by atoms with Crippen LogP contribution in [-0.4, -0.2) is 176 Å². The highest BCUT2D eigenvalue weighted by atomic mass is 32.1. The lowest BCUT2D eigenvalue weighted by atomic mass is 10.0. The van der Waals surface area contributed by atoms with Crippen molar-refractivity contribution in [2.24, 2.45) is 22.9 Å². The van der Waals surface area contributed by atoms with Crippen molar-refractivity contribution in [1.82, 2.24) is 52.4 Å². The highest BCUT2D eigenvalue weighted by Crippen LogP contribution is 2.21. The number of thiol groups is 1. The molecule has 10 amide bonds. The number of H-pyrrole nitrogens is 1. The number of nitrogens with zero attached hydrogens (tertiary/aromatic N) is 1. The number of carbonyl (C=O) groups is 11. The maximum absolute atomic E-state index is 14.2. The van der Waals surface area contributed by atoms with Crippen LogP contribution in [0.2, 0.25) is 0 Å². The van der Waals surface area contributed by atoms with Crippen LogP contribution in [0.15, 0.2) is 30.5 Å². The molecule has 1 saturated heterocycles. The van der Waals surface area contributed by atoms with Crippen molar-refractivity contribution in [3.05, 3.63) is 36.0 Å². The van der Waals surface area contributed by atoms with Gasteiger partial charge in [0.15, 0.2) is 5.96 Å². The Labute approximate surface area is 429 Å². The number of carbonyl (C=O) groups excluding carboxylic acids is 9. The average Bonchev–Trinajstić information content (AvgIpc) is 4.00. The van der Waals surface area contributed by atoms with Crippen molar-refractivity contribution in [1.29, 1.82) is 5.41 Å². The van der Waals surface area contributed by atoms with E-state index in [1.165, 1.54) is 6.92 Å². The predicted octanol–water partition coefficient (Wildman–Crippen LogP) is -5.22. The Bertz CT molecular complexity index is 2370. The fourth-order valence-corrected chi connectivity index (χ4v) is 8.03. The smallest absolute Gasteiger partial charge is 0.326 e. The minimum absolute atomic E-state index is 0.0225. The van der Waals surface area contributed by atoms with Crippen molar-refractivity contribution < 1.29 is 68.1 Å². The molecule has 1 aromatic heterocycles. The number of amides is 10.